The minimum absolute atomic E-state index is 0.0882. The molecule has 0 spiro atoms. The summed E-state index contributed by atoms with van der Waals surface area (Å²) in [4.78, 5) is 26.2. The first kappa shape index (κ1) is 13.6. The third-order valence-corrected chi connectivity index (χ3v) is 3.24. The number of fused-ring (bicyclic) bond motifs is 1. The molecule has 0 saturated heterocycles. The quantitative estimate of drug-likeness (QED) is 0.371. The number of aromatic hydroxyl groups is 2. The van der Waals surface area contributed by atoms with Crippen LogP contribution in [0.5, 0.6) is 17.2 Å². The van der Waals surface area contributed by atoms with E-state index in [2.05, 4.69) is 4.98 Å². The second kappa shape index (κ2) is 4.58. The molecule has 0 saturated carbocycles. The number of ketones is 1. The van der Waals surface area contributed by atoms with Gasteiger partial charge < -0.3 is 25.1 Å². The number of imidazole rings is 1. The van der Waals surface area contributed by atoms with E-state index in [9.17, 15) is 25.1 Å². The highest BCUT2D eigenvalue weighted by Crippen LogP contribution is 2.44. The van der Waals surface area contributed by atoms with Gasteiger partial charge in [-0.05, 0) is 17.1 Å². The summed E-state index contributed by atoms with van der Waals surface area (Å²) in [5.74, 6) is -1.88. The lowest BCUT2D eigenvalue weighted by molar-refractivity contribution is -0.391. The van der Waals surface area contributed by atoms with E-state index < -0.39 is 22.2 Å². The van der Waals surface area contributed by atoms with Crippen molar-refractivity contribution in [3.8, 4) is 17.2 Å². The molecule has 1 aliphatic heterocycles. The number of nitro groups is 1. The monoisotopic (exact) mass is 303 g/mol. The second-order valence-corrected chi connectivity index (χ2v) is 4.54. The Balaban J connectivity index is 2.03. The van der Waals surface area contributed by atoms with E-state index >= 15 is 0 Å². The number of aromatic nitrogens is 2. The van der Waals surface area contributed by atoms with Gasteiger partial charge in [0.25, 0.3) is 0 Å². The van der Waals surface area contributed by atoms with Crippen molar-refractivity contribution in [1.82, 2.24) is 9.55 Å². The largest absolute Gasteiger partial charge is 0.504 e. The summed E-state index contributed by atoms with van der Waals surface area (Å²) in [6, 6.07) is 2.48. The van der Waals surface area contributed by atoms with Crippen molar-refractivity contribution in [2.75, 3.05) is 0 Å². The van der Waals surface area contributed by atoms with Crippen LogP contribution >= 0.6 is 0 Å². The highest BCUT2D eigenvalue weighted by molar-refractivity contribution is 6.15. The van der Waals surface area contributed by atoms with Crippen LogP contribution in [0.1, 0.15) is 16.2 Å². The summed E-state index contributed by atoms with van der Waals surface area (Å²) in [5, 5.41) is 29.9. The van der Waals surface area contributed by atoms with Gasteiger partial charge in [0.15, 0.2) is 17.3 Å². The van der Waals surface area contributed by atoms with Gasteiger partial charge in [0, 0.05) is 0 Å². The van der Waals surface area contributed by atoms with E-state index in [4.69, 9.17) is 4.74 Å². The van der Waals surface area contributed by atoms with Crippen LogP contribution in [-0.4, -0.2) is 30.5 Å². The molecule has 0 amide bonds. The standard InChI is InChI=1S/C13H9N3O6/c1-15-9(14-5-10(15)16(20)21)4-8-11(18)6-2-3-7(17)12(19)13(6)22-8/h2-5,17,19H,1H3/b8-4-. The number of Topliss-reactive ketones (excluding diaryl/α,β-unsaturated/α-hetero) is 1. The highest BCUT2D eigenvalue weighted by Gasteiger charge is 2.32. The molecule has 0 atom stereocenters. The Morgan fingerprint density at radius 3 is 2.77 bits per heavy atom. The fourth-order valence-corrected chi connectivity index (χ4v) is 2.06. The zero-order valence-electron chi connectivity index (χ0n) is 11.2. The van der Waals surface area contributed by atoms with Crippen molar-refractivity contribution in [3.63, 3.8) is 0 Å². The molecule has 3 rings (SSSR count). The van der Waals surface area contributed by atoms with Crippen LogP contribution in [0.25, 0.3) is 6.08 Å². The Bertz CT molecular complexity index is 852. The topological polar surface area (TPSA) is 128 Å². The number of rotatable bonds is 2. The van der Waals surface area contributed by atoms with Crippen LogP contribution in [0.3, 0.4) is 0 Å². The number of benzene rings is 1. The van der Waals surface area contributed by atoms with E-state index in [0.717, 1.165) is 6.20 Å². The molecule has 0 unspecified atom stereocenters. The van der Waals surface area contributed by atoms with Gasteiger partial charge in [-0.2, -0.15) is 0 Å². The third kappa shape index (κ3) is 1.87. The van der Waals surface area contributed by atoms with Crippen molar-refractivity contribution in [2.45, 2.75) is 0 Å². The molecule has 2 aromatic rings. The normalized spacial score (nSPS) is 15.0. The number of carbonyl (C=O) groups excluding carboxylic acids is 1. The minimum Gasteiger partial charge on any atom is -0.504 e. The maximum Gasteiger partial charge on any atom is 0.342 e. The average molecular weight is 303 g/mol. The number of phenolic OH excluding ortho intramolecular Hbond substituents is 2. The lowest BCUT2D eigenvalue weighted by Gasteiger charge is -2.02. The fourth-order valence-electron chi connectivity index (χ4n) is 2.06. The zero-order valence-corrected chi connectivity index (χ0v) is 11.2. The number of hydrogen-bond acceptors (Lipinski definition) is 7. The molecule has 9 nitrogen and oxygen atoms in total. The molecule has 0 radical (unpaired) electrons. The number of phenols is 2. The zero-order chi connectivity index (χ0) is 16.0. The first-order valence-electron chi connectivity index (χ1n) is 6.05. The summed E-state index contributed by atoms with van der Waals surface area (Å²) in [6.45, 7) is 0. The third-order valence-electron chi connectivity index (χ3n) is 3.24. The maximum absolute atomic E-state index is 12.2. The lowest BCUT2D eigenvalue weighted by Crippen LogP contribution is -2.02. The Morgan fingerprint density at radius 2 is 2.14 bits per heavy atom. The van der Waals surface area contributed by atoms with Crippen molar-refractivity contribution in [1.29, 1.82) is 0 Å². The molecule has 112 valence electrons. The van der Waals surface area contributed by atoms with Gasteiger partial charge >= 0.3 is 5.82 Å². The predicted octanol–water partition coefficient (Wildman–Crippen LogP) is 1.36. The van der Waals surface area contributed by atoms with Gasteiger partial charge in [0.05, 0.1) is 18.7 Å². The number of ether oxygens (including phenoxy) is 1. The van der Waals surface area contributed by atoms with Gasteiger partial charge in [-0.25, -0.2) is 9.55 Å². The summed E-state index contributed by atoms with van der Waals surface area (Å²) in [7, 11) is 1.42. The Labute approximate surface area is 122 Å². The molecule has 2 heterocycles. The Hall–Kier alpha value is -3.36. The van der Waals surface area contributed by atoms with Crippen LogP contribution in [0, 0.1) is 10.1 Å². The van der Waals surface area contributed by atoms with Gasteiger partial charge in [0.2, 0.25) is 17.4 Å². The molecule has 0 bridgehead atoms. The molecule has 9 heteroatoms. The Kier molecular flexibility index (Phi) is 2.84. The van der Waals surface area contributed by atoms with Crippen LogP contribution < -0.4 is 4.74 Å². The van der Waals surface area contributed by atoms with Gasteiger partial charge in [-0.1, -0.05) is 0 Å². The van der Waals surface area contributed by atoms with E-state index in [1.165, 1.54) is 29.8 Å². The van der Waals surface area contributed by atoms with E-state index in [0.29, 0.717) is 0 Å². The molecular formula is C13H9N3O6. The molecule has 1 aromatic carbocycles. The number of hydrogen-bond donors (Lipinski definition) is 2. The summed E-state index contributed by atoms with van der Waals surface area (Å²) in [6.07, 6.45) is 2.29. The first-order chi connectivity index (χ1) is 10.4. The minimum atomic E-state index is -0.606. The summed E-state index contributed by atoms with van der Waals surface area (Å²) >= 11 is 0. The van der Waals surface area contributed by atoms with Gasteiger partial charge in [-0.3, -0.25) is 4.79 Å². The summed E-state index contributed by atoms with van der Waals surface area (Å²) < 4.78 is 6.42. The van der Waals surface area contributed by atoms with E-state index in [-0.39, 0.29) is 28.7 Å². The van der Waals surface area contributed by atoms with E-state index in [1.807, 2.05) is 0 Å². The van der Waals surface area contributed by atoms with Crippen molar-refractivity contribution in [3.05, 3.63) is 45.6 Å². The molecular weight excluding hydrogens is 294 g/mol. The first-order valence-corrected chi connectivity index (χ1v) is 6.05. The van der Waals surface area contributed by atoms with Gasteiger partial charge in [0.1, 0.15) is 6.20 Å². The van der Waals surface area contributed by atoms with Crippen LogP contribution in [-0.2, 0) is 7.05 Å². The molecule has 1 aromatic heterocycles. The van der Waals surface area contributed by atoms with Crippen molar-refractivity contribution in [2.24, 2.45) is 7.05 Å². The molecule has 22 heavy (non-hydrogen) atoms. The Morgan fingerprint density at radius 1 is 1.41 bits per heavy atom. The molecule has 0 fully saturated rings. The number of allylic oxidation sites excluding steroid dienone is 1. The van der Waals surface area contributed by atoms with Crippen LogP contribution in [0.4, 0.5) is 5.82 Å². The SMILES string of the molecule is Cn1c([N+](=O)[O-])cnc1/C=C1\Oc2c(ccc(O)c2O)C1=O. The average Bonchev–Trinajstić information content (AvgIpc) is 2.98. The highest BCUT2D eigenvalue weighted by atomic mass is 16.6. The van der Waals surface area contributed by atoms with Crippen molar-refractivity contribution < 1.29 is 24.7 Å². The molecule has 0 aliphatic carbocycles. The van der Waals surface area contributed by atoms with Gasteiger partial charge in [-0.15, -0.1) is 0 Å². The smallest absolute Gasteiger partial charge is 0.342 e. The lowest BCUT2D eigenvalue weighted by atomic mass is 10.1. The fraction of sp³-hybridized carbons (Fsp3) is 0.0769. The van der Waals surface area contributed by atoms with Crippen molar-refractivity contribution >= 4 is 17.7 Å². The molecule has 1 aliphatic rings. The number of nitrogens with zero attached hydrogens (tertiary/aromatic N) is 3. The van der Waals surface area contributed by atoms with Crippen LogP contribution in [0.2, 0.25) is 0 Å². The second-order valence-electron chi connectivity index (χ2n) is 4.54. The predicted molar refractivity (Wildman–Crippen MR) is 72.6 cm³/mol. The summed E-state index contributed by atoms with van der Waals surface area (Å²) in [5.41, 5.74) is 0.0882. The van der Waals surface area contributed by atoms with E-state index in [1.54, 1.807) is 0 Å². The number of carbonyl (C=O) groups is 1. The maximum atomic E-state index is 12.2. The molecule has 2 N–H and O–H groups in total. The van der Waals surface area contributed by atoms with Crippen LogP contribution in [0.15, 0.2) is 24.1 Å².